The summed E-state index contributed by atoms with van der Waals surface area (Å²) in [6.07, 6.45) is 4.01. The summed E-state index contributed by atoms with van der Waals surface area (Å²) in [4.78, 5) is 17.5. The molecule has 0 saturated carbocycles. The van der Waals surface area contributed by atoms with Crippen LogP contribution in [0.5, 0.6) is 0 Å². The van der Waals surface area contributed by atoms with Crippen LogP contribution in [0.4, 0.5) is 0 Å². The molecule has 1 aromatic carbocycles. The van der Waals surface area contributed by atoms with E-state index in [2.05, 4.69) is 17.0 Å². The number of benzene rings is 1. The first kappa shape index (κ1) is 17.6. The van der Waals surface area contributed by atoms with Gasteiger partial charge in [0.2, 0.25) is 5.91 Å². The Kier molecular flexibility index (Phi) is 5.00. The Morgan fingerprint density at radius 2 is 2.08 bits per heavy atom. The summed E-state index contributed by atoms with van der Waals surface area (Å²) in [5.41, 5.74) is 2.83. The fourth-order valence-electron chi connectivity index (χ4n) is 4.09. The fourth-order valence-corrected chi connectivity index (χ4v) is 4.22. The summed E-state index contributed by atoms with van der Waals surface area (Å²) in [6, 6.07) is 7.62. The normalized spacial score (nSPS) is 20.8. The van der Waals surface area contributed by atoms with Gasteiger partial charge in [0, 0.05) is 29.1 Å². The molecule has 1 unspecified atom stereocenters. The quantitative estimate of drug-likeness (QED) is 0.822. The first-order valence-corrected chi connectivity index (χ1v) is 9.81. The van der Waals surface area contributed by atoms with Gasteiger partial charge in [0.25, 0.3) is 0 Å². The van der Waals surface area contributed by atoms with Gasteiger partial charge in [-0.2, -0.15) is 0 Å². The summed E-state index contributed by atoms with van der Waals surface area (Å²) in [7, 11) is 0. The molecule has 0 radical (unpaired) electrons. The number of amides is 1. The maximum Gasteiger partial charge on any atom is 0.240 e. The molecule has 0 bridgehead atoms. The van der Waals surface area contributed by atoms with Crippen molar-refractivity contribution in [2.24, 2.45) is 0 Å². The van der Waals surface area contributed by atoms with Crippen LogP contribution in [-0.2, 0) is 17.8 Å². The molecular weight excluding hydrogens is 350 g/mol. The smallest absolute Gasteiger partial charge is 0.240 e. The Balaban J connectivity index is 1.56. The predicted octanol–water partition coefficient (Wildman–Crippen LogP) is 3.75. The lowest BCUT2D eigenvalue weighted by Crippen LogP contribution is -2.51. The van der Waals surface area contributed by atoms with Gasteiger partial charge in [0.15, 0.2) is 0 Å². The molecule has 2 aliphatic rings. The minimum absolute atomic E-state index is 0.0224. The van der Waals surface area contributed by atoms with E-state index < -0.39 is 0 Å². The molecule has 1 aromatic heterocycles. The van der Waals surface area contributed by atoms with Crippen molar-refractivity contribution in [2.75, 3.05) is 19.6 Å². The Labute approximate surface area is 158 Å². The van der Waals surface area contributed by atoms with Crippen LogP contribution in [0.1, 0.15) is 37.5 Å². The maximum absolute atomic E-state index is 13.2. The number of piperidine rings is 1. The van der Waals surface area contributed by atoms with E-state index in [0.717, 1.165) is 54.9 Å². The number of carbonyl (C=O) groups excluding carboxylic acids is 1. The average Bonchev–Trinajstić information content (AvgIpc) is 3.11. The molecule has 3 heterocycles. The van der Waals surface area contributed by atoms with Crippen LogP contribution >= 0.6 is 11.6 Å². The number of likely N-dealkylation sites (tertiary alicyclic amines) is 1. The molecule has 5 nitrogen and oxygen atoms in total. The highest BCUT2D eigenvalue weighted by Crippen LogP contribution is 2.31. The fraction of sp³-hybridized carbons (Fsp3) is 0.500. The molecule has 1 fully saturated rings. The van der Waals surface area contributed by atoms with E-state index in [1.54, 1.807) is 0 Å². The average molecular weight is 374 g/mol. The lowest BCUT2D eigenvalue weighted by atomic mass is 9.98. The van der Waals surface area contributed by atoms with Crippen LogP contribution in [0.2, 0.25) is 5.02 Å². The number of likely N-dealkylation sites (N-methyl/N-ethyl adjacent to an activating group) is 1. The van der Waals surface area contributed by atoms with Crippen molar-refractivity contribution in [3.8, 4) is 11.3 Å². The van der Waals surface area contributed by atoms with E-state index in [-0.39, 0.29) is 11.9 Å². The van der Waals surface area contributed by atoms with Gasteiger partial charge >= 0.3 is 0 Å². The highest BCUT2D eigenvalue weighted by molar-refractivity contribution is 6.30. The monoisotopic (exact) mass is 373 g/mol. The van der Waals surface area contributed by atoms with E-state index in [9.17, 15) is 4.79 Å². The molecule has 2 aromatic rings. The molecule has 6 heteroatoms. The largest absolute Gasteiger partial charge is 0.360 e. The number of rotatable bonds is 3. The predicted molar refractivity (Wildman–Crippen MR) is 101 cm³/mol. The van der Waals surface area contributed by atoms with Gasteiger partial charge in [0.05, 0.1) is 12.6 Å². The van der Waals surface area contributed by atoms with E-state index in [1.807, 2.05) is 29.2 Å². The SMILES string of the molecule is CCN1CCCCC1C(=O)N1CCc2onc(-c3ccc(Cl)cc3)c2C1. The van der Waals surface area contributed by atoms with Crippen molar-refractivity contribution in [3.63, 3.8) is 0 Å². The third-order valence-corrected chi connectivity index (χ3v) is 5.81. The zero-order valence-corrected chi connectivity index (χ0v) is 15.8. The van der Waals surface area contributed by atoms with Crippen LogP contribution in [0.3, 0.4) is 0 Å². The third kappa shape index (κ3) is 3.26. The number of aromatic nitrogens is 1. The topological polar surface area (TPSA) is 49.6 Å². The highest BCUT2D eigenvalue weighted by Gasteiger charge is 2.34. The van der Waals surface area contributed by atoms with Crippen molar-refractivity contribution >= 4 is 17.5 Å². The van der Waals surface area contributed by atoms with E-state index >= 15 is 0 Å². The van der Waals surface area contributed by atoms with Gasteiger partial charge in [-0.15, -0.1) is 0 Å². The summed E-state index contributed by atoms with van der Waals surface area (Å²) in [5.74, 6) is 1.15. The summed E-state index contributed by atoms with van der Waals surface area (Å²) >= 11 is 5.99. The van der Waals surface area contributed by atoms with Crippen LogP contribution < -0.4 is 0 Å². The molecule has 0 aliphatic carbocycles. The second-order valence-electron chi connectivity index (χ2n) is 7.09. The molecule has 0 N–H and O–H groups in total. The number of hydrogen-bond acceptors (Lipinski definition) is 4. The van der Waals surface area contributed by atoms with Crippen LogP contribution in [0, 0.1) is 0 Å². The van der Waals surface area contributed by atoms with Gasteiger partial charge < -0.3 is 9.42 Å². The van der Waals surface area contributed by atoms with Gasteiger partial charge in [-0.05, 0) is 38.1 Å². The molecule has 1 amide bonds. The van der Waals surface area contributed by atoms with E-state index in [0.29, 0.717) is 18.1 Å². The Morgan fingerprint density at radius 1 is 1.27 bits per heavy atom. The van der Waals surface area contributed by atoms with Gasteiger partial charge in [-0.3, -0.25) is 9.69 Å². The Morgan fingerprint density at radius 3 is 2.85 bits per heavy atom. The van der Waals surface area contributed by atoms with E-state index in [4.69, 9.17) is 16.1 Å². The molecule has 2 aliphatic heterocycles. The second kappa shape index (κ2) is 7.41. The number of nitrogens with zero attached hydrogens (tertiary/aromatic N) is 3. The summed E-state index contributed by atoms with van der Waals surface area (Å²) in [6.45, 7) is 5.37. The first-order chi connectivity index (χ1) is 12.7. The van der Waals surface area contributed by atoms with Crippen LogP contribution in [-0.4, -0.2) is 46.5 Å². The lowest BCUT2D eigenvalue weighted by Gasteiger charge is -2.38. The summed E-state index contributed by atoms with van der Waals surface area (Å²) in [5, 5.41) is 4.96. The van der Waals surface area contributed by atoms with Crippen molar-refractivity contribution in [1.29, 1.82) is 0 Å². The van der Waals surface area contributed by atoms with Gasteiger partial charge in [-0.1, -0.05) is 42.2 Å². The van der Waals surface area contributed by atoms with Crippen molar-refractivity contribution in [2.45, 2.75) is 45.2 Å². The van der Waals surface area contributed by atoms with Gasteiger partial charge in [0.1, 0.15) is 11.5 Å². The molecular formula is C20H24ClN3O2. The summed E-state index contributed by atoms with van der Waals surface area (Å²) < 4.78 is 5.56. The van der Waals surface area contributed by atoms with E-state index in [1.165, 1.54) is 6.42 Å². The third-order valence-electron chi connectivity index (χ3n) is 5.56. The number of halogens is 1. The standard InChI is InChI=1S/C20H24ClN3O2/c1-2-23-11-4-3-5-17(23)20(25)24-12-10-18-16(13-24)19(22-26-18)14-6-8-15(21)9-7-14/h6-9,17H,2-5,10-13H2,1H3. The van der Waals surface area contributed by atoms with Gasteiger partial charge in [-0.25, -0.2) is 0 Å². The second-order valence-corrected chi connectivity index (χ2v) is 7.53. The number of carbonyl (C=O) groups is 1. The zero-order valence-electron chi connectivity index (χ0n) is 15.1. The highest BCUT2D eigenvalue weighted by atomic mass is 35.5. The number of fused-ring (bicyclic) bond motifs is 1. The lowest BCUT2D eigenvalue weighted by molar-refractivity contribution is -0.139. The number of hydrogen-bond donors (Lipinski definition) is 0. The molecule has 4 rings (SSSR count). The van der Waals surface area contributed by atoms with Crippen molar-refractivity contribution in [1.82, 2.24) is 15.0 Å². The first-order valence-electron chi connectivity index (χ1n) is 9.43. The Bertz CT molecular complexity index is 787. The maximum atomic E-state index is 13.2. The molecule has 1 atom stereocenters. The Hall–Kier alpha value is -1.85. The molecule has 26 heavy (non-hydrogen) atoms. The van der Waals surface area contributed by atoms with Crippen LogP contribution in [0.15, 0.2) is 28.8 Å². The minimum atomic E-state index is 0.0224. The van der Waals surface area contributed by atoms with Crippen molar-refractivity contribution < 1.29 is 9.32 Å². The minimum Gasteiger partial charge on any atom is -0.360 e. The molecule has 138 valence electrons. The zero-order chi connectivity index (χ0) is 18.1. The van der Waals surface area contributed by atoms with Crippen LogP contribution in [0.25, 0.3) is 11.3 Å². The molecule has 1 saturated heterocycles. The molecule has 0 spiro atoms. The van der Waals surface area contributed by atoms with Crippen molar-refractivity contribution in [3.05, 3.63) is 40.6 Å².